The Hall–Kier alpha value is -1.49. The molecular formula is C23H32O4. The van der Waals surface area contributed by atoms with Crippen LogP contribution in [0.1, 0.15) is 50.7 Å². The van der Waals surface area contributed by atoms with E-state index in [0.29, 0.717) is 19.3 Å². The van der Waals surface area contributed by atoms with E-state index in [1.807, 2.05) is 26.0 Å². The summed E-state index contributed by atoms with van der Waals surface area (Å²) in [5, 5.41) is 20.3. The zero-order chi connectivity index (χ0) is 19.9. The standard InChI is InChI=1S/C23H32O4/c1-16-19-12-13-22(21(16,2)3,23(19,26)27-4)20(25)11-10-18-8-5-7-17(15-18)9-6-14-24/h5,7-8,15,19,24,26H,1,6,9-14H2,2-4H3/t19-,22-,23-/m1/s1. The lowest BCUT2D eigenvalue weighted by atomic mass is 9.59. The summed E-state index contributed by atoms with van der Waals surface area (Å²) in [7, 11) is 1.50. The van der Waals surface area contributed by atoms with E-state index in [0.717, 1.165) is 30.4 Å². The van der Waals surface area contributed by atoms with Crippen LogP contribution in [0.5, 0.6) is 0 Å². The number of methoxy groups -OCH3 is 1. The second-order valence-corrected chi connectivity index (χ2v) is 8.62. The predicted molar refractivity (Wildman–Crippen MR) is 105 cm³/mol. The van der Waals surface area contributed by atoms with E-state index in [1.165, 1.54) is 12.7 Å². The van der Waals surface area contributed by atoms with Gasteiger partial charge in [0.25, 0.3) is 0 Å². The number of Topliss-reactive ketones (excluding diaryl/α,β-unsaturated/α-hetero) is 1. The van der Waals surface area contributed by atoms with Crippen LogP contribution in [0.3, 0.4) is 0 Å². The molecule has 4 nitrogen and oxygen atoms in total. The summed E-state index contributed by atoms with van der Waals surface area (Å²) in [5.74, 6) is -1.56. The van der Waals surface area contributed by atoms with Crippen LogP contribution in [0.2, 0.25) is 0 Å². The normalized spacial score (nSPS) is 31.4. The number of benzene rings is 1. The first-order valence-corrected chi connectivity index (χ1v) is 9.93. The van der Waals surface area contributed by atoms with E-state index < -0.39 is 16.6 Å². The molecule has 2 bridgehead atoms. The van der Waals surface area contributed by atoms with Crippen molar-refractivity contribution in [2.24, 2.45) is 16.7 Å². The molecule has 1 aromatic carbocycles. The minimum absolute atomic E-state index is 0.0683. The van der Waals surface area contributed by atoms with Crippen molar-refractivity contribution < 1.29 is 19.7 Å². The van der Waals surface area contributed by atoms with E-state index in [1.54, 1.807) is 0 Å². The molecule has 3 atom stereocenters. The molecule has 0 aliphatic heterocycles. The highest BCUT2D eigenvalue weighted by Crippen LogP contribution is 2.72. The number of hydrogen-bond donors (Lipinski definition) is 2. The van der Waals surface area contributed by atoms with E-state index in [2.05, 4.69) is 18.7 Å². The molecule has 0 amide bonds. The number of hydrogen-bond acceptors (Lipinski definition) is 4. The first-order chi connectivity index (χ1) is 12.7. The van der Waals surface area contributed by atoms with Crippen LogP contribution >= 0.6 is 0 Å². The molecule has 2 aliphatic rings. The van der Waals surface area contributed by atoms with Gasteiger partial charge >= 0.3 is 0 Å². The molecule has 0 unspecified atom stereocenters. The number of carbonyl (C=O) groups is 1. The molecule has 4 heteroatoms. The largest absolute Gasteiger partial charge is 0.396 e. The number of aliphatic hydroxyl groups is 2. The van der Waals surface area contributed by atoms with Gasteiger partial charge in [0.15, 0.2) is 5.79 Å². The molecule has 0 saturated heterocycles. The van der Waals surface area contributed by atoms with Gasteiger partial charge in [0.05, 0.1) is 5.41 Å². The van der Waals surface area contributed by atoms with Crippen LogP contribution < -0.4 is 0 Å². The summed E-state index contributed by atoms with van der Waals surface area (Å²) in [6.45, 7) is 8.43. The first-order valence-electron chi connectivity index (χ1n) is 9.93. The SMILES string of the molecule is C=C1[C@H]2CC[C@@](C(=O)CCc3cccc(CCCO)c3)(C1(C)C)[C@]2(O)OC. The maximum absolute atomic E-state index is 13.5. The van der Waals surface area contributed by atoms with E-state index in [-0.39, 0.29) is 18.3 Å². The first kappa shape index (κ1) is 20.2. The van der Waals surface area contributed by atoms with E-state index >= 15 is 0 Å². The maximum atomic E-state index is 13.5. The van der Waals surface area contributed by atoms with Gasteiger partial charge in [-0.15, -0.1) is 0 Å². The molecular weight excluding hydrogens is 340 g/mol. The molecule has 2 fully saturated rings. The Kier molecular flexibility index (Phi) is 5.37. The van der Waals surface area contributed by atoms with Crippen LogP contribution in [0.4, 0.5) is 0 Å². The van der Waals surface area contributed by atoms with Crippen molar-refractivity contribution >= 4 is 5.78 Å². The highest BCUT2D eigenvalue weighted by Gasteiger charge is 2.76. The minimum atomic E-state index is -1.45. The number of aryl methyl sites for hydroxylation is 2. The molecule has 148 valence electrons. The summed E-state index contributed by atoms with van der Waals surface area (Å²) >= 11 is 0. The third-order valence-corrected chi connectivity index (χ3v) is 7.23. The van der Waals surface area contributed by atoms with Crippen molar-refractivity contribution in [3.05, 3.63) is 47.5 Å². The molecule has 3 rings (SSSR count). The van der Waals surface area contributed by atoms with Crippen molar-refractivity contribution in [3.8, 4) is 0 Å². The van der Waals surface area contributed by atoms with Crippen LogP contribution in [0.15, 0.2) is 36.4 Å². The molecule has 2 saturated carbocycles. The average Bonchev–Trinajstić information content (AvgIpc) is 3.03. The topological polar surface area (TPSA) is 66.8 Å². The smallest absolute Gasteiger partial charge is 0.185 e. The number of carbonyl (C=O) groups excluding carboxylic acids is 1. The van der Waals surface area contributed by atoms with Gasteiger partial charge in [-0.05, 0) is 43.2 Å². The Balaban J connectivity index is 1.80. The number of ketones is 1. The van der Waals surface area contributed by atoms with Gasteiger partial charge < -0.3 is 14.9 Å². The Morgan fingerprint density at radius 3 is 2.59 bits per heavy atom. The highest BCUT2D eigenvalue weighted by molar-refractivity contribution is 5.89. The zero-order valence-electron chi connectivity index (χ0n) is 16.8. The van der Waals surface area contributed by atoms with Crippen LogP contribution in [0, 0.1) is 16.7 Å². The van der Waals surface area contributed by atoms with Crippen molar-refractivity contribution in [1.29, 1.82) is 0 Å². The van der Waals surface area contributed by atoms with Gasteiger partial charge in [-0.2, -0.15) is 0 Å². The fourth-order valence-corrected chi connectivity index (χ4v) is 5.61. The second kappa shape index (κ2) is 7.16. The molecule has 0 radical (unpaired) electrons. The van der Waals surface area contributed by atoms with Gasteiger partial charge in [0.2, 0.25) is 0 Å². The molecule has 1 aromatic rings. The molecule has 27 heavy (non-hydrogen) atoms. The zero-order valence-corrected chi connectivity index (χ0v) is 16.8. The Labute approximate surface area is 162 Å². The van der Waals surface area contributed by atoms with Gasteiger partial charge in [-0.25, -0.2) is 0 Å². The number of aliphatic hydroxyl groups excluding tert-OH is 1. The summed E-state index contributed by atoms with van der Waals surface area (Å²) in [6, 6.07) is 8.20. The third kappa shape index (κ3) is 2.81. The van der Waals surface area contributed by atoms with Gasteiger partial charge in [0, 0.05) is 31.5 Å². The lowest BCUT2D eigenvalue weighted by Crippen LogP contribution is -2.55. The van der Waals surface area contributed by atoms with Gasteiger partial charge in [0.1, 0.15) is 5.78 Å². The Bertz CT molecular complexity index is 738. The molecule has 0 heterocycles. The quantitative estimate of drug-likeness (QED) is 0.542. The lowest BCUT2D eigenvalue weighted by Gasteiger charge is -2.45. The third-order valence-electron chi connectivity index (χ3n) is 7.23. The fourth-order valence-electron chi connectivity index (χ4n) is 5.61. The Morgan fingerprint density at radius 2 is 1.96 bits per heavy atom. The lowest BCUT2D eigenvalue weighted by molar-refractivity contribution is -0.252. The molecule has 0 spiro atoms. The Morgan fingerprint density at radius 1 is 1.30 bits per heavy atom. The summed E-state index contributed by atoms with van der Waals surface area (Å²) in [6.07, 6.45) is 3.97. The summed E-state index contributed by atoms with van der Waals surface area (Å²) < 4.78 is 5.58. The van der Waals surface area contributed by atoms with Crippen molar-refractivity contribution in [3.63, 3.8) is 0 Å². The predicted octanol–water partition coefficient (Wildman–Crippen LogP) is 3.44. The molecule has 2 aliphatic carbocycles. The highest BCUT2D eigenvalue weighted by atomic mass is 16.6. The fraction of sp³-hybridized carbons (Fsp3) is 0.609. The molecule has 0 aromatic heterocycles. The summed E-state index contributed by atoms with van der Waals surface area (Å²) in [4.78, 5) is 13.5. The van der Waals surface area contributed by atoms with Crippen LogP contribution in [-0.4, -0.2) is 35.5 Å². The van der Waals surface area contributed by atoms with Crippen molar-refractivity contribution in [1.82, 2.24) is 0 Å². The maximum Gasteiger partial charge on any atom is 0.185 e. The number of ether oxygens (including phenoxy) is 1. The van der Waals surface area contributed by atoms with E-state index in [9.17, 15) is 9.90 Å². The number of fused-ring (bicyclic) bond motifs is 2. The van der Waals surface area contributed by atoms with Crippen LogP contribution in [-0.2, 0) is 22.4 Å². The number of rotatable bonds is 8. The van der Waals surface area contributed by atoms with Crippen LogP contribution in [0.25, 0.3) is 0 Å². The van der Waals surface area contributed by atoms with Crippen molar-refractivity contribution in [2.75, 3.05) is 13.7 Å². The summed E-state index contributed by atoms with van der Waals surface area (Å²) in [5.41, 5.74) is 1.81. The van der Waals surface area contributed by atoms with Gasteiger partial charge in [-0.1, -0.05) is 50.3 Å². The van der Waals surface area contributed by atoms with Gasteiger partial charge in [-0.3, -0.25) is 4.79 Å². The van der Waals surface area contributed by atoms with E-state index in [4.69, 9.17) is 9.84 Å². The second-order valence-electron chi connectivity index (χ2n) is 8.62. The molecule has 2 N–H and O–H groups in total. The average molecular weight is 373 g/mol. The minimum Gasteiger partial charge on any atom is -0.396 e. The van der Waals surface area contributed by atoms with Crippen molar-refractivity contribution in [2.45, 2.75) is 58.2 Å². The monoisotopic (exact) mass is 372 g/mol.